The maximum Gasteiger partial charge on any atom is 0.394 e. The highest BCUT2D eigenvalue weighted by atomic mass is 32.2. The van der Waals surface area contributed by atoms with Crippen molar-refractivity contribution in [3.8, 4) is 17.1 Å². The lowest BCUT2D eigenvalue weighted by Gasteiger charge is -2.43. The number of amides is 1. The van der Waals surface area contributed by atoms with E-state index in [0.717, 1.165) is 16.7 Å². The van der Waals surface area contributed by atoms with Crippen LogP contribution in [-0.4, -0.2) is 65.7 Å². The number of carbonyl (C=O) groups excluding carboxylic acids is 1. The molecule has 3 aromatic rings. The number of nitrogens with one attached hydrogen (secondary N) is 1. The topological polar surface area (TPSA) is 105 Å². The molecule has 45 heavy (non-hydrogen) atoms. The van der Waals surface area contributed by atoms with Crippen LogP contribution in [0.3, 0.4) is 0 Å². The van der Waals surface area contributed by atoms with Crippen molar-refractivity contribution in [2.45, 2.75) is 83.5 Å². The summed E-state index contributed by atoms with van der Waals surface area (Å²) < 4.78 is 78.8. The molecule has 1 fully saturated rings. The fourth-order valence-electron chi connectivity index (χ4n) is 5.94. The van der Waals surface area contributed by atoms with Crippen molar-refractivity contribution in [3.63, 3.8) is 0 Å². The molecule has 2 aromatic carbocycles. The number of aryl methyl sites for hydroxylation is 2. The molecule has 9 nitrogen and oxygen atoms in total. The van der Waals surface area contributed by atoms with E-state index in [9.17, 15) is 26.4 Å². The molecule has 2 heterocycles. The number of anilines is 1. The van der Waals surface area contributed by atoms with Gasteiger partial charge in [0.25, 0.3) is 15.9 Å². The van der Waals surface area contributed by atoms with Gasteiger partial charge in [0.05, 0.1) is 22.0 Å². The molecule has 4 bridgehead atoms. The predicted molar refractivity (Wildman–Crippen MR) is 164 cm³/mol. The summed E-state index contributed by atoms with van der Waals surface area (Å²) in [6.45, 7) is 9.48. The van der Waals surface area contributed by atoms with Gasteiger partial charge in [-0.15, -0.1) is 0 Å². The largest absolute Gasteiger partial charge is 0.475 e. The van der Waals surface area contributed by atoms with E-state index >= 15 is 0 Å². The number of ether oxygens (including phenoxy) is 1. The highest BCUT2D eigenvalue weighted by Gasteiger charge is 2.64. The Hall–Kier alpha value is -3.71. The normalized spacial score (nSPS) is 19.3. The van der Waals surface area contributed by atoms with Gasteiger partial charge >= 0.3 is 6.18 Å². The Morgan fingerprint density at radius 3 is 2.36 bits per heavy atom. The second-order valence-electron chi connectivity index (χ2n) is 12.2. The van der Waals surface area contributed by atoms with E-state index in [1.54, 1.807) is 11.1 Å². The first-order valence-electron chi connectivity index (χ1n) is 15.0. The average Bonchev–Trinajstić information content (AvgIpc) is 3.76. The van der Waals surface area contributed by atoms with Crippen LogP contribution in [0, 0.1) is 19.3 Å². The second-order valence-corrected chi connectivity index (χ2v) is 13.9. The van der Waals surface area contributed by atoms with Gasteiger partial charge < -0.3 is 4.74 Å². The minimum absolute atomic E-state index is 0.0181. The lowest BCUT2D eigenvalue weighted by Crippen LogP contribution is -2.57. The second kappa shape index (κ2) is 12.2. The van der Waals surface area contributed by atoms with E-state index in [1.807, 2.05) is 52.8 Å². The molecule has 0 spiro atoms. The third-order valence-electron chi connectivity index (χ3n) is 8.44. The van der Waals surface area contributed by atoms with Crippen molar-refractivity contribution < 1.29 is 31.1 Å². The molecule has 5 rings (SSSR count). The molecule has 0 unspecified atom stereocenters. The van der Waals surface area contributed by atoms with Gasteiger partial charge in [-0.05, 0) is 82.7 Å². The van der Waals surface area contributed by atoms with E-state index in [-0.39, 0.29) is 54.2 Å². The standard InChI is InChI=1S/C32H38F3N5O4S/c1-6-15-39(20(2)3)40-24(18-31(13-14-31)32(33,34)35)19-44-27-17-26(28-21(4)9-7-10-22(28)5)36-30(37-27)38-45(42,43)25-12-8-11-23(16-25)29(40)41/h7-12,16-17,20,24H,6,13-15,18-19H2,1-5H3,(H,36,37,38)/t24-/m1/s1. The van der Waals surface area contributed by atoms with Crippen LogP contribution in [0.5, 0.6) is 5.88 Å². The Balaban J connectivity index is 1.71. The zero-order valence-corrected chi connectivity index (χ0v) is 26.8. The molecule has 0 saturated heterocycles. The molecule has 13 heteroatoms. The Morgan fingerprint density at radius 2 is 1.76 bits per heavy atom. The maximum absolute atomic E-state index is 14.4. The van der Waals surface area contributed by atoms with Crippen LogP contribution < -0.4 is 9.46 Å². The summed E-state index contributed by atoms with van der Waals surface area (Å²) in [5.41, 5.74) is 0.945. The summed E-state index contributed by atoms with van der Waals surface area (Å²) in [5, 5.41) is 3.10. The molecule has 1 aromatic heterocycles. The number of hydrogen-bond donors (Lipinski definition) is 1. The number of halogens is 3. The van der Waals surface area contributed by atoms with Gasteiger partial charge in [-0.2, -0.15) is 18.2 Å². The Kier molecular flexibility index (Phi) is 8.89. The van der Waals surface area contributed by atoms with Crippen molar-refractivity contribution in [3.05, 3.63) is 65.2 Å². The van der Waals surface area contributed by atoms with Crippen LogP contribution in [0.4, 0.5) is 19.1 Å². The van der Waals surface area contributed by atoms with E-state index in [2.05, 4.69) is 14.7 Å². The summed E-state index contributed by atoms with van der Waals surface area (Å²) in [6, 6.07) is 11.4. The quantitative estimate of drug-likeness (QED) is 0.312. The molecule has 1 N–H and O–H groups in total. The predicted octanol–water partition coefficient (Wildman–Crippen LogP) is 6.53. The van der Waals surface area contributed by atoms with E-state index in [0.29, 0.717) is 18.7 Å². The van der Waals surface area contributed by atoms with Gasteiger partial charge in [-0.25, -0.2) is 23.1 Å². The molecule has 1 amide bonds. The van der Waals surface area contributed by atoms with Crippen LogP contribution in [-0.2, 0) is 10.0 Å². The third kappa shape index (κ3) is 6.64. The number of sulfonamides is 1. The van der Waals surface area contributed by atoms with Crippen molar-refractivity contribution in [1.82, 2.24) is 20.0 Å². The van der Waals surface area contributed by atoms with E-state index in [1.165, 1.54) is 29.3 Å². The summed E-state index contributed by atoms with van der Waals surface area (Å²) in [7, 11) is -4.28. The first kappa shape index (κ1) is 32.7. The number of nitrogens with zero attached hydrogens (tertiary/aromatic N) is 4. The van der Waals surface area contributed by atoms with Gasteiger partial charge in [0.2, 0.25) is 11.8 Å². The van der Waals surface area contributed by atoms with Crippen LogP contribution in [0.15, 0.2) is 53.4 Å². The maximum atomic E-state index is 14.4. The van der Waals surface area contributed by atoms with Crippen LogP contribution in [0.1, 0.15) is 67.9 Å². The lowest BCUT2D eigenvalue weighted by molar-refractivity contribution is -0.197. The van der Waals surface area contributed by atoms with Gasteiger partial charge in [0.1, 0.15) is 6.61 Å². The zero-order chi connectivity index (χ0) is 32.7. The van der Waals surface area contributed by atoms with Gasteiger partial charge in [0.15, 0.2) is 0 Å². The minimum atomic E-state index is -4.47. The Morgan fingerprint density at radius 1 is 1.09 bits per heavy atom. The van der Waals surface area contributed by atoms with Gasteiger partial charge in [-0.1, -0.05) is 31.2 Å². The molecule has 1 atom stereocenters. The molecular formula is C32H38F3N5O4S. The van der Waals surface area contributed by atoms with Crippen LogP contribution >= 0.6 is 0 Å². The molecule has 2 aliphatic rings. The third-order valence-corrected chi connectivity index (χ3v) is 9.77. The number of hydrazine groups is 1. The summed E-state index contributed by atoms with van der Waals surface area (Å²) in [6.07, 6.45) is -4.32. The highest BCUT2D eigenvalue weighted by molar-refractivity contribution is 7.92. The van der Waals surface area contributed by atoms with E-state index < -0.39 is 33.6 Å². The fraction of sp³-hybridized carbons (Fsp3) is 0.469. The van der Waals surface area contributed by atoms with Crippen molar-refractivity contribution >= 4 is 21.9 Å². The SMILES string of the molecule is CCCN(C(C)C)N1C(=O)c2cccc(c2)S(=O)(=O)Nc2nc(cc(-c3c(C)cccc3C)n2)OC[C@H]1CC1(C(F)(F)F)CC1. The molecule has 242 valence electrons. The Labute approximate surface area is 261 Å². The van der Waals surface area contributed by atoms with Crippen LogP contribution in [0.25, 0.3) is 11.3 Å². The molecule has 1 aliphatic carbocycles. The van der Waals surface area contributed by atoms with Gasteiger partial charge in [0, 0.05) is 29.8 Å². The summed E-state index contributed by atoms with van der Waals surface area (Å²) in [4.78, 5) is 22.9. The van der Waals surface area contributed by atoms with Crippen LogP contribution in [0.2, 0.25) is 0 Å². The van der Waals surface area contributed by atoms with Gasteiger partial charge in [-0.3, -0.25) is 9.80 Å². The van der Waals surface area contributed by atoms with Crippen molar-refractivity contribution in [1.29, 1.82) is 0 Å². The minimum Gasteiger partial charge on any atom is -0.475 e. The molecule has 1 aliphatic heterocycles. The molecule has 0 radical (unpaired) electrons. The highest BCUT2D eigenvalue weighted by Crippen LogP contribution is 2.61. The number of alkyl halides is 3. The van der Waals surface area contributed by atoms with Crippen molar-refractivity contribution in [2.24, 2.45) is 5.41 Å². The molecular weight excluding hydrogens is 607 g/mol. The summed E-state index contributed by atoms with van der Waals surface area (Å²) >= 11 is 0. The summed E-state index contributed by atoms with van der Waals surface area (Å²) in [5.74, 6) is -0.917. The smallest absolute Gasteiger partial charge is 0.394 e. The first-order valence-corrected chi connectivity index (χ1v) is 16.5. The monoisotopic (exact) mass is 645 g/mol. The lowest BCUT2D eigenvalue weighted by atomic mass is 9.95. The Bertz CT molecular complexity index is 1670. The molecule has 1 saturated carbocycles. The average molecular weight is 646 g/mol. The van der Waals surface area contributed by atoms with E-state index in [4.69, 9.17) is 4.74 Å². The zero-order valence-electron chi connectivity index (χ0n) is 26.0. The number of carbonyl (C=O) groups is 1. The number of hydrogen-bond acceptors (Lipinski definition) is 7. The van der Waals surface area contributed by atoms with Crippen molar-refractivity contribution in [2.75, 3.05) is 17.9 Å². The fourth-order valence-corrected chi connectivity index (χ4v) is 6.93. The number of fused-ring (bicyclic) bond motifs is 4. The number of benzene rings is 2. The number of rotatable bonds is 7. The number of aromatic nitrogens is 2. The first-order chi connectivity index (χ1) is 21.2.